The fraction of sp³-hybridized carbons (Fsp3) is 0.304. The summed E-state index contributed by atoms with van der Waals surface area (Å²) in [5, 5.41) is 3.39. The summed E-state index contributed by atoms with van der Waals surface area (Å²) < 4.78 is 10.7. The number of aryl methyl sites for hydroxylation is 1. The maximum atomic E-state index is 5.37. The van der Waals surface area contributed by atoms with E-state index in [-0.39, 0.29) is 0 Å². The molecule has 0 saturated carbocycles. The van der Waals surface area contributed by atoms with Gasteiger partial charge in [0.05, 0.1) is 14.2 Å². The molecular formula is C23H28N4O2. The van der Waals surface area contributed by atoms with Gasteiger partial charge in [-0.05, 0) is 55.7 Å². The maximum Gasteiger partial charge on any atom is 0.160 e. The van der Waals surface area contributed by atoms with Crippen LogP contribution in [0.5, 0.6) is 11.5 Å². The van der Waals surface area contributed by atoms with Crippen molar-refractivity contribution in [2.45, 2.75) is 20.3 Å². The normalized spacial score (nSPS) is 10.5. The number of anilines is 3. The monoisotopic (exact) mass is 392 g/mol. The van der Waals surface area contributed by atoms with Gasteiger partial charge in [0, 0.05) is 24.8 Å². The number of hydrogen-bond acceptors (Lipinski definition) is 6. The molecule has 3 aromatic rings. The second-order valence-corrected chi connectivity index (χ2v) is 6.71. The van der Waals surface area contributed by atoms with E-state index >= 15 is 0 Å². The van der Waals surface area contributed by atoms with Crippen molar-refractivity contribution < 1.29 is 9.47 Å². The minimum absolute atomic E-state index is 0.737. The predicted molar refractivity (Wildman–Crippen MR) is 118 cm³/mol. The summed E-state index contributed by atoms with van der Waals surface area (Å²) in [7, 11) is 3.29. The molecule has 2 aromatic carbocycles. The van der Waals surface area contributed by atoms with Crippen LogP contribution < -0.4 is 19.7 Å². The predicted octanol–water partition coefficient (Wildman–Crippen LogP) is 4.61. The summed E-state index contributed by atoms with van der Waals surface area (Å²) in [5.41, 5.74) is 3.52. The Morgan fingerprint density at radius 2 is 1.79 bits per heavy atom. The Balaban J connectivity index is 1.67. The summed E-state index contributed by atoms with van der Waals surface area (Å²) in [6.45, 7) is 5.79. The number of hydrogen-bond donors (Lipinski definition) is 1. The van der Waals surface area contributed by atoms with E-state index in [1.807, 2.05) is 24.3 Å². The van der Waals surface area contributed by atoms with Gasteiger partial charge in [-0.25, -0.2) is 9.97 Å². The molecule has 0 saturated heterocycles. The van der Waals surface area contributed by atoms with Gasteiger partial charge in [-0.3, -0.25) is 0 Å². The minimum Gasteiger partial charge on any atom is -0.493 e. The first-order chi connectivity index (χ1) is 14.1. The number of methoxy groups -OCH3 is 2. The first-order valence-electron chi connectivity index (χ1n) is 9.75. The minimum atomic E-state index is 0.737. The molecule has 0 fully saturated rings. The van der Waals surface area contributed by atoms with Crippen molar-refractivity contribution in [1.82, 2.24) is 9.97 Å². The van der Waals surface area contributed by atoms with E-state index in [0.717, 1.165) is 48.3 Å². The highest BCUT2D eigenvalue weighted by Crippen LogP contribution is 2.28. The van der Waals surface area contributed by atoms with Gasteiger partial charge < -0.3 is 19.7 Å². The Labute approximate surface area is 172 Å². The third-order valence-corrected chi connectivity index (χ3v) is 4.73. The summed E-state index contributed by atoms with van der Waals surface area (Å²) in [5.74, 6) is 3.16. The molecule has 0 bridgehead atoms. The topological polar surface area (TPSA) is 59.5 Å². The number of benzene rings is 2. The molecule has 0 amide bonds. The number of nitrogens with zero attached hydrogens (tertiary/aromatic N) is 3. The molecule has 1 aromatic heterocycles. The molecule has 0 aliphatic heterocycles. The Morgan fingerprint density at radius 1 is 0.966 bits per heavy atom. The maximum absolute atomic E-state index is 5.37. The highest BCUT2D eigenvalue weighted by molar-refractivity contribution is 5.62. The van der Waals surface area contributed by atoms with E-state index < -0.39 is 0 Å². The van der Waals surface area contributed by atoms with E-state index in [4.69, 9.17) is 9.47 Å². The zero-order chi connectivity index (χ0) is 20.6. The van der Waals surface area contributed by atoms with Gasteiger partial charge in [-0.1, -0.05) is 18.2 Å². The first kappa shape index (κ1) is 20.5. The Kier molecular flexibility index (Phi) is 6.89. The van der Waals surface area contributed by atoms with Gasteiger partial charge in [0.2, 0.25) is 0 Å². The van der Waals surface area contributed by atoms with Crippen molar-refractivity contribution in [2.75, 3.05) is 37.5 Å². The fourth-order valence-corrected chi connectivity index (χ4v) is 3.24. The quantitative estimate of drug-likeness (QED) is 0.574. The standard InChI is InChI=1S/C23H28N4O2/c1-5-27(19-8-6-7-17(2)13-19)23-15-22(25-16-26-23)24-12-11-18-9-10-20(28-3)21(14-18)29-4/h6-10,13-16H,5,11-12H2,1-4H3,(H,24,25,26). The lowest BCUT2D eigenvalue weighted by Crippen LogP contribution is -2.18. The summed E-state index contributed by atoms with van der Waals surface area (Å²) in [6, 6.07) is 16.4. The third kappa shape index (κ3) is 5.16. The van der Waals surface area contributed by atoms with Gasteiger partial charge in [-0.2, -0.15) is 0 Å². The molecule has 1 heterocycles. The van der Waals surface area contributed by atoms with E-state index in [1.54, 1.807) is 20.5 Å². The van der Waals surface area contributed by atoms with Gasteiger partial charge in [-0.15, -0.1) is 0 Å². The molecule has 0 aliphatic rings. The lowest BCUT2D eigenvalue weighted by Gasteiger charge is -2.22. The number of rotatable bonds is 9. The van der Waals surface area contributed by atoms with Crippen LogP contribution in [0.3, 0.4) is 0 Å². The number of aromatic nitrogens is 2. The third-order valence-electron chi connectivity index (χ3n) is 4.73. The van der Waals surface area contributed by atoms with E-state index in [2.05, 4.69) is 58.3 Å². The number of nitrogens with one attached hydrogen (secondary N) is 1. The molecule has 0 aliphatic carbocycles. The Hall–Kier alpha value is -3.28. The van der Waals surface area contributed by atoms with Crippen LogP contribution >= 0.6 is 0 Å². The van der Waals surface area contributed by atoms with Crippen LogP contribution in [0.4, 0.5) is 17.3 Å². The second kappa shape index (κ2) is 9.78. The fourth-order valence-electron chi connectivity index (χ4n) is 3.24. The van der Waals surface area contributed by atoms with Crippen LogP contribution in [0.2, 0.25) is 0 Å². The van der Waals surface area contributed by atoms with Crippen LogP contribution in [0.15, 0.2) is 54.9 Å². The molecule has 6 heteroatoms. The lowest BCUT2D eigenvalue weighted by atomic mass is 10.1. The van der Waals surface area contributed by atoms with Crippen molar-refractivity contribution in [1.29, 1.82) is 0 Å². The molecule has 1 N–H and O–H groups in total. The molecule has 3 rings (SSSR count). The first-order valence-corrected chi connectivity index (χ1v) is 9.75. The zero-order valence-electron chi connectivity index (χ0n) is 17.5. The lowest BCUT2D eigenvalue weighted by molar-refractivity contribution is 0.354. The van der Waals surface area contributed by atoms with Crippen molar-refractivity contribution in [3.05, 3.63) is 66.0 Å². The molecule has 0 spiro atoms. The zero-order valence-corrected chi connectivity index (χ0v) is 17.5. The van der Waals surface area contributed by atoms with Crippen LogP contribution in [0.25, 0.3) is 0 Å². The van der Waals surface area contributed by atoms with Gasteiger partial charge >= 0.3 is 0 Å². The number of ether oxygens (including phenoxy) is 2. The van der Waals surface area contributed by atoms with Crippen molar-refractivity contribution in [2.24, 2.45) is 0 Å². The summed E-state index contributed by atoms with van der Waals surface area (Å²) in [6.07, 6.45) is 2.45. The van der Waals surface area contributed by atoms with Crippen molar-refractivity contribution in [3.8, 4) is 11.5 Å². The van der Waals surface area contributed by atoms with Crippen LogP contribution in [0, 0.1) is 6.92 Å². The molecule has 0 unspecified atom stereocenters. The van der Waals surface area contributed by atoms with Crippen LogP contribution in [-0.2, 0) is 6.42 Å². The molecule has 6 nitrogen and oxygen atoms in total. The Morgan fingerprint density at radius 3 is 2.52 bits per heavy atom. The molecular weight excluding hydrogens is 364 g/mol. The Bertz CT molecular complexity index is 946. The summed E-state index contributed by atoms with van der Waals surface area (Å²) >= 11 is 0. The van der Waals surface area contributed by atoms with E-state index in [0.29, 0.717) is 0 Å². The average molecular weight is 393 g/mol. The van der Waals surface area contributed by atoms with Crippen LogP contribution in [-0.4, -0.2) is 37.3 Å². The van der Waals surface area contributed by atoms with Crippen molar-refractivity contribution >= 4 is 17.3 Å². The van der Waals surface area contributed by atoms with Gasteiger partial charge in [0.1, 0.15) is 18.0 Å². The van der Waals surface area contributed by atoms with Crippen molar-refractivity contribution in [3.63, 3.8) is 0 Å². The summed E-state index contributed by atoms with van der Waals surface area (Å²) in [4.78, 5) is 11.0. The van der Waals surface area contributed by atoms with Gasteiger partial charge in [0.15, 0.2) is 11.5 Å². The van der Waals surface area contributed by atoms with Gasteiger partial charge in [0.25, 0.3) is 0 Å². The van der Waals surface area contributed by atoms with Crippen LogP contribution in [0.1, 0.15) is 18.1 Å². The molecule has 0 atom stereocenters. The average Bonchev–Trinajstić information content (AvgIpc) is 2.74. The second-order valence-electron chi connectivity index (χ2n) is 6.71. The van der Waals surface area contributed by atoms with E-state index in [9.17, 15) is 0 Å². The molecule has 29 heavy (non-hydrogen) atoms. The SMILES string of the molecule is CCN(c1cccc(C)c1)c1cc(NCCc2ccc(OC)c(OC)c2)ncn1. The smallest absolute Gasteiger partial charge is 0.160 e. The molecule has 0 radical (unpaired) electrons. The molecule has 152 valence electrons. The highest BCUT2D eigenvalue weighted by Gasteiger charge is 2.10. The largest absolute Gasteiger partial charge is 0.493 e. The highest BCUT2D eigenvalue weighted by atomic mass is 16.5. The van der Waals surface area contributed by atoms with E-state index in [1.165, 1.54) is 11.1 Å².